The minimum atomic E-state index is -0.0569. The zero-order valence-corrected chi connectivity index (χ0v) is 25.0. The summed E-state index contributed by atoms with van der Waals surface area (Å²) in [5, 5.41) is 2.58. The van der Waals surface area contributed by atoms with Gasteiger partial charge in [0.2, 0.25) is 0 Å². The fourth-order valence-electron chi connectivity index (χ4n) is 6.98. The smallest absolute Gasteiger partial charge is 0.0468 e. The lowest BCUT2D eigenvalue weighted by Gasteiger charge is -2.27. The molecule has 0 radical (unpaired) electrons. The summed E-state index contributed by atoms with van der Waals surface area (Å²) in [7, 11) is 0. The standard InChI is InChI=1S/C43H33N/c1-43(2)41-26-25-36(29-40(41)39-27-32-15-9-10-16-33(32)28-42(39)43)44(34-17-7-4-8-18-34)35-23-21-31(22-24-35)38-20-12-11-19-37(38)30-13-5-3-6-14-30/h3-29H,1-2H3. The summed E-state index contributed by atoms with van der Waals surface area (Å²) < 4.78 is 0. The maximum Gasteiger partial charge on any atom is 0.0468 e. The quantitative estimate of drug-likeness (QED) is 0.201. The van der Waals surface area contributed by atoms with Gasteiger partial charge in [0.1, 0.15) is 0 Å². The van der Waals surface area contributed by atoms with Crippen molar-refractivity contribution in [2.75, 3.05) is 4.90 Å². The molecule has 7 aromatic rings. The molecule has 1 aliphatic carbocycles. The lowest BCUT2D eigenvalue weighted by Crippen LogP contribution is -2.15. The molecule has 0 fully saturated rings. The monoisotopic (exact) mass is 563 g/mol. The third kappa shape index (κ3) is 4.32. The zero-order chi connectivity index (χ0) is 29.7. The lowest BCUT2D eigenvalue weighted by molar-refractivity contribution is 0.661. The van der Waals surface area contributed by atoms with Gasteiger partial charge in [-0.2, -0.15) is 0 Å². The normalized spacial score (nSPS) is 13.0. The van der Waals surface area contributed by atoms with Crippen molar-refractivity contribution in [3.63, 3.8) is 0 Å². The van der Waals surface area contributed by atoms with E-state index in [1.807, 2.05) is 0 Å². The first-order valence-electron chi connectivity index (χ1n) is 15.4. The first-order chi connectivity index (χ1) is 21.6. The highest BCUT2D eigenvalue weighted by Gasteiger charge is 2.36. The molecule has 0 heterocycles. The third-order valence-electron chi connectivity index (χ3n) is 9.25. The van der Waals surface area contributed by atoms with Crippen LogP contribution in [-0.4, -0.2) is 0 Å². The summed E-state index contributed by atoms with van der Waals surface area (Å²) in [4.78, 5) is 2.37. The molecule has 1 heteroatoms. The molecule has 0 aliphatic heterocycles. The fourth-order valence-corrected chi connectivity index (χ4v) is 6.98. The van der Waals surface area contributed by atoms with E-state index in [1.54, 1.807) is 0 Å². The second-order valence-electron chi connectivity index (χ2n) is 12.2. The molecular formula is C43H33N. The van der Waals surface area contributed by atoms with Gasteiger partial charge in [-0.05, 0) is 104 Å². The van der Waals surface area contributed by atoms with Gasteiger partial charge in [0.15, 0.2) is 0 Å². The van der Waals surface area contributed by atoms with Crippen LogP contribution in [-0.2, 0) is 5.41 Å². The van der Waals surface area contributed by atoms with Crippen LogP contribution in [0.25, 0.3) is 44.2 Å². The van der Waals surface area contributed by atoms with Gasteiger partial charge in [-0.25, -0.2) is 0 Å². The maximum atomic E-state index is 2.39. The number of fused-ring (bicyclic) bond motifs is 4. The number of hydrogen-bond donors (Lipinski definition) is 0. The Kier molecular flexibility index (Phi) is 6.20. The van der Waals surface area contributed by atoms with Gasteiger partial charge in [0.25, 0.3) is 0 Å². The molecular weight excluding hydrogens is 530 g/mol. The Morgan fingerprint density at radius 1 is 0.364 bits per heavy atom. The van der Waals surface area contributed by atoms with Gasteiger partial charge in [-0.3, -0.25) is 0 Å². The van der Waals surface area contributed by atoms with E-state index in [2.05, 4.69) is 183 Å². The molecule has 0 atom stereocenters. The second kappa shape index (κ2) is 10.4. The maximum absolute atomic E-state index is 2.39. The van der Waals surface area contributed by atoms with Crippen LogP contribution < -0.4 is 4.90 Å². The SMILES string of the molecule is CC1(C)c2ccc(N(c3ccccc3)c3ccc(-c4ccccc4-c4ccccc4)cc3)cc2-c2cc3ccccc3cc21. The first-order valence-corrected chi connectivity index (χ1v) is 15.4. The van der Waals surface area contributed by atoms with E-state index in [4.69, 9.17) is 0 Å². The van der Waals surface area contributed by atoms with Crippen molar-refractivity contribution in [1.29, 1.82) is 0 Å². The van der Waals surface area contributed by atoms with Crippen molar-refractivity contribution in [3.8, 4) is 33.4 Å². The number of hydrogen-bond acceptors (Lipinski definition) is 1. The Bertz CT molecular complexity index is 2120. The summed E-state index contributed by atoms with van der Waals surface area (Å²) in [6.45, 7) is 4.71. The third-order valence-corrected chi connectivity index (χ3v) is 9.25. The Morgan fingerprint density at radius 3 is 1.55 bits per heavy atom. The van der Waals surface area contributed by atoms with Crippen LogP contribution in [0.5, 0.6) is 0 Å². The number of anilines is 3. The molecule has 1 nitrogen and oxygen atoms in total. The molecule has 0 aromatic heterocycles. The highest BCUT2D eigenvalue weighted by Crippen LogP contribution is 2.51. The molecule has 0 unspecified atom stereocenters. The van der Waals surface area contributed by atoms with Crippen LogP contribution in [0.15, 0.2) is 164 Å². The van der Waals surface area contributed by atoms with Gasteiger partial charge >= 0.3 is 0 Å². The Labute approximate surface area is 259 Å². The minimum Gasteiger partial charge on any atom is -0.310 e. The minimum absolute atomic E-state index is 0.0569. The number of nitrogens with zero attached hydrogens (tertiary/aromatic N) is 1. The van der Waals surface area contributed by atoms with E-state index < -0.39 is 0 Å². The highest BCUT2D eigenvalue weighted by atomic mass is 15.1. The largest absolute Gasteiger partial charge is 0.310 e. The van der Waals surface area contributed by atoms with Gasteiger partial charge < -0.3 is 4.90 Å². The molecule has 0 bridgehead atoms. The molecule has 0 spiro atoms. The lowest BCUT2D eigenvalue weighted by atomic mass is 9.82. The average molecular weight is 564 g/mol. The van der Waals surface area contributed by atoms with Gasteiger partial charge in [-0.1, -0.05) is 129 Å². The molecule has 0 saturated carbocycles. The van der Waals surface area contributed by atoms with E-state index in [0.717, 1.165) is 17.1 Å². The molecule has 0 N–H and O–H groups in total. The van der Waals surface area contributed by atoms with Crippen molar-refractivity contribution in [2.24, 2.45) is 0 Å². The zero-order valence-electron chi connectivity index (χ0n) is 25.0. The summed E-state index contributed by atoms with van der Waals surface area (Å²) >= 11 is 0. The highest BCUT2D eigenvalue weighted by molar-refractivity contribution is 5.95. The summed E-state index contributed by atoms with van der Waals surface area (Å²) in [6, 6.07) is 59.5. The molecule has 7 aromatic carbocycles. The van der Waals surface area contributed by atoms with Crippen LogP contribution in [0.4, 0.5) is 17.1 Å². The van der Waals surface area contributed by atoms with E-state index in [0.29, 0.717) is 0 Å². The van der Waals surface area contributed by atoms with Crippen molar-refractivity contribution in [3.05, 3.63) is 175 Å². The van der Waals surface area contributed by atoms with Crippen LogP contribution in [0.3, 0.4) is 0 Å². The van der Waals surface area contributed by atoms with Crippen LogP contribution >= 0.6 is 0 Å². The predicted octanol–water partition coefficient (Wildman–Crippen LogP) is 11.9. The van der Waals surface area contributed by atoms with E-state index in [9.17, 15) is 0 Å². The Morgan fingerprint density at radius 2 is 0.864 bits per heavy atom. The van der Waals surface area contributed by atoms with Gasteiger partial charge in [0, 0.05) is 22.5 Å². The second-order valence-corrected chi connectivity index (χ2v) is 12.2. The Balaban J connectivity index is 1.24. The number of para-hydroxylation sites is 1. The molecule has 210 valence electrons. The van der Waals surface area contributed by atoms with E-state index in [1.165, 1.54) is 55.3 Å². The van der Waals surface area contributed by atoms with Crippen LogP contribution in [0.1, 0.15) is 25.0 Å². The topological polar surface area (TPSA) is 3.24 Å². The van der Waals surface area contributed by atoms with E-state index >= 15 is 0 Å². The first kappa shape index (κ1) is 26.2. The molecule has 1 aliphatic rings. The molecule has 44 heavy (non-hydrogen) atoms. The summed E-state index contributed by atoms with van der Waals surface area (Å²) in [5.74, 6) is 0. The number of benzene rings is 7. The average Bonchev–Trinajstić information content (AvgIpc) is 3.30. The van der Waals surface area contributed by atoms with E-state index in [-0.39, 0.29) is 5.41 Å². The van der Waals surface area contributed by atoms with Crippen molar-refractivity contribution in [1.82, 2.24) is 0 Å². The summed E-state index contributed by atoms with van der Waals surface area (Å²) in [5.41, 5.74) is 13.7. The van der Waals surface area contributed by atoms with Crippen molar-refractivity contribution in [2.45, 2.75) is 19.3 Å². The number of rotatable bonds is 5. The Hall–Kier alpha value is -5.40. The van der Waals surface area contributed by atoms with Crippen molar-refractivity contribution < 1.29 is 0 Å². The van der Waals surface area contributed by atoms with Gasteiger partial charge in [-0.15, -0.1) is 0 Å². The fraction of sp³-hybridized carbons (Fsp3) is 0.0698. The molecule has 0 saturated heterocycles. The van der Waals surface area contributed by atoms with Crippen LogP contribution in [0.2, 0.25) is 0 Å². The molecule has 0 amide bonds. The van der Waals surface area contributed by atoms with Crippen LogP contribution in [0, 0.1) is 0 Å². The summed E-state index contributed by atoms with van der Waals surface area (Å²) in [6.07, 6.45) is 0. The van der Waals surface area contributed by atoms with Gasteiger partial charge in [0.05, 0.1) is 0 Å². The predicted molar refractivity (Wildman–Crippen MR) is 187 cm³/mol. The molecule has 8 rings (SSSR count). The van der Waals surface area contributed by atoms with Crippen molar-refractivity contribution >= 4 is 27.8 Å².